The molecule has 0 saturated carbocycles. The van der Waals surface area contributed by atoms with Gasteiger partial charge in [-0.15, -0.1) is 0 Å². The van der Waals surface area contributed by atoms with E-state index in [1.54, 1.807) is 56.3 Å². The van der Waals surface area contributed by atoms with E-state index in [-0.39, 0.29) is 24.7 Å². The van der Waals surface area contributed by atoms with Gasteiger partial charge in [-0.25, -0.2) is 0 Å². The molecular formula is C17H23NO5V. The molecule has 2 aromatic rings. The van der Waals surface area contributed by atoms with Gasteiger partial charge in [0.15, 0.2) is 0 Å². The molecule has 0 bridgehead atoms. The summed E-state index contributed by atoms with van der Waals surface area (Å²) >= 11 is 1.06. The third-order valence-electron chi connectivity index (χ3n) is 2.16. The van der Waals surface area contributed by atoms with Gasteiger partial charge in [0.05, 0.1) is 0 Å². The van der Waals surface area contributed by atoms with Crippen LogP contribution in [0.15, 0.2) is 53.5 Å². The van der Waals surface area contributed by atoms with E-state index in [9.17, 15) is 10.2 Å². The second-order valence-electron chi connectivity index (χ2n) is 3.94. The topological polar surface area (TPSA) is 110 Å². The summed E-state index contributed by atoms with van der Waals surface area (Å²) in [6.45, 7) is 3.86. The van der Waals surface area contributed by atoms with Gasteiger partial charge in [0.2, 0.25) is 0 Å². The molecule has 2 rings (SSSR count). The van der Waals surface area contributed by atoms with Gasteiger partial charge >= 0.3 is 21.0 Å². The van der Waals surface area contributed by atoms with Crippen LogP contribution in [0.3, 0.4) is 0 Å². The Morgan fingerprint density at radius 3 is 1.75 bits per heavy atom. The minimum atomic E-state index is 0.120. The second kappa shape index (κ2) is 17.4. The molecule has 0 aliphatic carbocycles. The monoisotopic (exact) mass is 372 g/mol. The van der Waals surface area contributed by atoms with Gasteiger partial charge in [-0.1, -0.05) is 24.3 Å². The number of aliphatic hydroxyl groups excluding tert-OH is 2. The van der Waals surface area contributed by atoms with E-state index >= 15 is 0 Å². The molecule has 0 aliphatic heterocycles. The number of para-hydroxylation sites is 3. The molecule has 0 unspecified atom stereocenters. The van der Waals surface area contributed by atoms with Crippen LogP contribution in [0.4, 0.5) is 5.69 Å². The average molecular weight is 372 g/mol. The number of nitrogens with zero attached hydrogens (tertiary/aromatic N) is 1. The van der Waals surface area contributed by atoms with Crippen molar-refractivity contribution in [1.82, 2.24) is 0 Å². The summed E-state index contributed by atoms with van der Waals surface area (Å²) in [5.41, 5.74) is 1.09. The fraction of sp³-hybridized carbons (Fsp3) is 0.235. The second-order valence-corrected chi connectivity index (χ2v) is 3.94. The number of phenols is 2. The predicted octanol–water partition coefficient (Wildman–Crippen LogP) is 2.72. The number of phenolic OH excluding ortho intramolecular Hbond substituents is 2. The van der Waals surface area contributed by atoms with Gasteiger partial charge < -0.3 is 20.4 Å². The van der Waals surface area contributed by atoms with E-state index in [1.807, 2.05) is 6.07 Å². The van der Waals surface area contributed by atoms with Crippen LogP contribution in [0.1, 0.15) is 19.4 Å². The van der Waals surface area contributed by atoms with Crippen molar-refractivity contribution >= 4 is 11.9 Å². The maximum absolute atomic E-state index is 9.50. The Morgan fingerprint density at radius 2 is 1.29 bits per heavy atom. The Labute approximate surface area is 151 Å². The van der Waals surface area contributed by atoms with Gasteiger partial charge in [-0.05, 0) is 38.1 Å². The van der Waals surface area contributed by atoms with Crippen molar-refractivity contribution in [3.8, 4) is 11.5 Å². The minimum absolute atomic E-state index is 0.120. The van der Waals surface area contributed by atoms with Crippen molar-refractivity contribution in [2.45, 2.75) is 13.8 Å². The first-order valence-electron chi connectivity index (χ1n) is 7.10. The molecule has 0 spiro atoms. The van der Waals surface area contributed by atoms with Crippen LogP contribution in [0.2, 0.25) is 0 Å². The van der Waals surface area contributed by atoms with Gasteiger partial charge in [-0.3, -0.25) is 4.99 Å². The molecule has 0 aliphatic rings. The average Bonchev–Trinajstić information content (AvgIpc) is 2.59. The van der Waals surface area contributed by atoms with Crippen molar-refractivity contribution in [2.75, 3.05) is 13.2 Å². The van der Waals surface area contributed by atoms with Crippen LogP contribution in [-0.2, 0) is 21.0 Å². The summed E-state index contributed by atoms with van der Waals surface area (Å²) in [5.74, 6) is 0.288. The van der Waals surface area contributed by atoms with Crippen LogP contribution in [-0.4, -0.2) is 39.9 Å². The zero-order valence-electron chi connectivity index (χ0n) is 13.7. The molecule has 6 nitrogen and oxygen atoms in total. The Hall–Kier alpha value is -1.99. The summed E-state index contributed by atoms with van der Waals surface area (Å²) in [5, 5.41) is 34.1. The Kier molecular flexibility index (Phi) is 17.6. The van der Waals surface area contributed by atoms with Gasteiger partial charge in [0.1, 0.15) is 17.2 Å². The number of aliphatic hydroxyl groups is 2. The van der Waals surface area contributed by atoms with Crippen LogP contribution < -0.4 is 0 Å². The van der Waals surface area contributed by atoms with Crippen LogP contribution >= 0.6 is 0 Å². The van der Waals surface area contributed by atoms with Crippen LogP contribution in [0, 0.1) is 0 Å². The molecule has 4 N–H and O–H groups in total. The number of aromatic hydroxyl groups is 2. The standard InChI is InChI=1S/C13H11NO2.2C2H6O.O.V/c15-12-7-3-1-5-10(12)9-14-11-6-2-4-8-13(11)16;2*1-2-3;;/h1-9,15-16H;2*3H,2H2,1H3;;. The van der Waals surface area contributed by atoms with E-state index in [4.69, 9.17) is 13.9 Å². The van der Waals surface area contributed by atoms with Crippen molar-refractivity contribution in [3.63, 3.8) is 0 Å². The molecule has 0 heterocycles. The molecule has 0 aromatic heterocycles. The number of rotatable bonds is 2. The third kappa shape index (κ3) is 11.6. The number of hydrogen-bond acceptors (Lipinski definition) is 6. The fourth-order valence-electron chi connectivity index (χ4n) is 1.31. The molecule has 131 valence electrons. The van der Waals surface area contributed by atoms with Gasteiger partial charge in [-0.2, -0.15) is 0 Å². The molecule has 7 heteroatoms. The number of aliphatic imine (C=N–C) groups is 1. The predicted molar refractivity (Wildman–Crippen MR) is 89.7 cm³/mol. The molecule has 0 saturated heterocycles. The van der Waals surface area contributed by atoms with Crippen LogP contribution in [0.25, 0.3) is 0 Å². The summed E-state index contributed by atoms with van der Waals surface area (Å²) in [6, 6.07) is 13.7. The summed E-state index contributed by atoms with van der Waals surface area (Å²) in [6.07, 6.45) is 1.52. The van der Waals surface area contributed by atoms with Crippen molar-refractivity contribution in [3.05, 3.63) is 54.1 Å². The Balaban J connectivity index is 0. The van der Waals surface area contributed by atoms with Gasteiger partial charge in [0.25, 0.3) is 0 Å². The molecule has 0 amide bonds. The van der Waals surface area contributed by atoms with E-state index in [0.717, 1.165) is 17.4 Å². The van der Waals surface area contributed by atoms with Crippen LogP contribution in [0.5, 0.6) is 11.5 Å². The zero-order valence-corrected chi connectivity index (χ0v) is 15.1. The van der Waals surface area contributed by atoms with Crippen molar-refractivity contribution < 1.29 is 41.5 Å². The van der Waals surface area contributed by atoms with E-state index in [2.05, 4.69) is 4.99 Å². The molecule has 0 atom stereocenters. The van der Waals surface area contributed by atoms with E-state index < -0.39 is 0 Å². The molecular weight excluding hydrogens is 349 g/mol. The summed E-state index contributed by atoms with van der Waals surface area (Å²) < 4.78 is 8.19. The maximum atomic E-state index is 9.50. The van der Waals surface area contributed by atoms with Gasteiger partial charge in [0, 0.05) is 25.0 Å². The van der Waals surface area contributed by atoms with E-state index in [0.29, 0.717) is 11.3 Å². The van der Waals surface area contributed by atoms with Crippen molar-refractivity contribution in [2.24, 2.45) is 4.99 Å². The Morgan fingerprint density at radius 1 is 0.875 bits per heavy atom. The normalized spacial score (nSPS) is 8.79. The molecule has 2 aromatic carbocycles. The summed E-state index contributed by atoms with van der Waals surface area (Å²) in [4.78, 5) is 4.10. The molecule has 0 radical (unpaired) electrons. The molecule has 24 heavy (non-hydrogen) atoms. The molecule has 0 fully saturated rings. The SMILES string of the molecule is CCO.CCO.Oc1ccccc1C=Nc1ccccc1O.[O]=[V]. The van der Waals surface area contributed by atoms with E-state index in [1.165, 1.54) is 6.21 Å². The first kappa shape index (κ1) is 24.3. The first-order chi connectivity index (χ1) is 11.6. The number of hydrogen-bond donors (Lipinski definition) is 4. The van der Waals surface area contributed by atoms with Crippen molar-refractivity contribution in [1.29, 1.82) is 0 Å². The summed E-state index contributed by atoms with van der Waals surface area (Å²) in [7, 11) is 0. The zero-order chi connectivity index (χ0) is 18.8. The number of benzene rings is 2. The third-order valence-corrected chi connectivity index (χ3v) is 2.16. The first-order valence-corrected chi connectivity index (χ1v) is 7.67. The Bertz CT molecular complexity index is 529. The quantitative estimate of drug-likeness (QED) is 0.606. The fourth-order valence-corrected chi connectivity index (χ4v) is 1.31.